The van der Waals surface area contributed by atoms with Crippen molar-refractivity contribution >= 4 is 16.8 Å². The second-order valence-electron chi connectivity index (χ2n) is 9.21. The predicted octanol–water partition coefficient (Wildman–Crippen LogP) is 3.42. The van der Waals surface area contributed by atoms with Crippen molar-refractivity contribution in [3.8, 4) is 0 Å². The second-order valence-corrected chi connectivity index (χ2v) is 9.21. The average molecular weight is 434 g/mol. The number of fused-ring (bicyclic) bond motifs is 5. The number of hydrogen-bond acceptors (Lipinski definition) is 3. The van der Waals surface area contributed by atoms with Gasteiger partial charge in [0, 0.05) is 74.5 Å². The number of para-hydroxylation sites is 1. The standard InChI is InChI=1S/C26H31N3O3/c1-32-13-12-27-17-20(22-7-2-3-8-24(22)27)6-4-10-25(30)28-15-19-14-21(18-28)23-9-5-11-26(31)29(23)16-19/h2-3,5,7-9,11,17,19,21H,4,6,10,12-16,18H2,1H3/t19-,21+/m1/s1. The molecule has 0 radical (unpaired) electrons. The van der Waals surface area contributed by atoms with Gasteiger partial charge in [-0.15, -0.1) is 0 Å². The number of benzene rings is 1. The van der Waals surface area contributed by atoms with E-state index in [1.165, 1.54) is 16.5 Å². The zero-order chi connectivity index (χ0) is 22.1. The molecule has 1 amide bonds. The van der Waals surface area contributed by atoms with Crippen molar-refractivity contribution in [1.29, 1.82) is 0 Å². The van der Waals surface area contributed by atoms with Crippen LogP contribution < -0.4 is 5.56 Å². The molecule has 32 heavy (non-hydrogen) atoms. The van der Waals surface area contributed by atoms with Crippen LogP contribution in [0, 0.1) is 5.92 Å². The molecule has 0 saturated carbocycles. The number of ether oxygens (including phenoxy) is 1. The Morgan fingerprint density at radius 1 is 1.09 bits per heavy atom. The molecule has 0 spiro atoms. The van der Waals surface area contributed by atoms with Gasteiger partial charge < -0.3 is 18.8 Å². The lowest BCUT2D eigenvalue weighted by atomic mass is 9.83. The smallest absolute Gasteiger partial charge is 0.250 e. The Hall–Kier alpha value is -2.86. The van der Waals surface area contributed by atoms with Crippen LogP contribution in [0.15, 0.2) is 53.5 Å². The highest BCUT2D eigenvalue weighted by Crippen LogP contribution is 2.35. The van der Waals surface area contributed by atoms with E-state index in [9.17, 15) is 9.59 Å². The van der Waals surface area contributed by atoms with Crippen molar-refractivity contribution in [3.05, 3.63) is 70.3 Å². The predicted molar refractivity (Wildman–Crippen MR) is 125 cm³/mol. The molecule has 168 valence electrons. The van der Waals surface area contributed by atoms with Gasteiger partial charge in [0.15, 0.2) is 0 Å². The fourth-order valence-electron chi connectivity index (χ4n) is 5.58. The molecule has 2 aromatic heterocycles. The first kappa shape index (κ1) is 21.0. The molecule has 6 heteroatoms. The van der Waals surface area contributed by atoms with E-state index >= 15 is 0 Å². The summed E-state index contributed by atoms with van der Waals surface area (Å²) in [6.45, 7) is 3.75. The molecule has 0 aliphatic carbocycles. The lowest BCUT2D eigenvalue weighted by Crippen LogP contribution is -2.49. The van der Waals surface area contributed by atoms with Crippen LogP contribution in [-0.4, -0.2) is 46.7 Å². The summed E-state index contributed by atoms with van der Waals surface area (Å²) >= 11 is 0. The Bertz CT molecular complexity index is 1180. The Kier molecular flexibility index (Phi) is 5.87. The molecule has 6 nitrogen and oxygen atoms in total. The molecule has 2 bridgehead atoms. The van der Waals surface area contributed by atoms with Gasteiger partial charge in [0.1, 0.15) is 0 Å². The summed E-state index contributed by atoms with van der Waals surface area (Å²) in [7, 11) is 1.73. The van der Waals surface area contributed by atoms with Crippen molar-refractivity contribution in [1.82, 2.24) is 14.0 Å². The van der Waals surface area contributed by atoms with Gasteiger partial charge in [0.25, 0.3) is 5.56 Å². The van der Waals surface area contributed by atoms with E-state index < -0.39 is 0 Å². The summed E-state index contributed by atoms with van der Waals surface area (Å²) in [4.78, 5) is 27.3. The monoisotopic (exact) mass is 433 g/mol. The molecule has 1 aromatic carbocycles. The van der Waals surface area contributed by atoms with E-state index in [2.05, 4.69) is 41.1 Å². The number of aryl methyl sites for hydroxylation is 1. The van der Waals surface area contributed by atoms with Crippen molar-refractivity contribution in [2.75, 3.05) is 26.8 Å². The van der Waals surface area contributed by atoms with E-state index in [1.807, 2.05) is 15.5 Å². The van der Waals surface area contributed by atoms with Crippen molar-refractivity contribution in [2.45, 2.75) is 44.7 Å². The van der Waals surface area contributed by atoms with Gasteiger partial charge in [-0.2, -0.15) is 0 Å². The number of piperidine rings is 1. The van der Waals surface area contributed by atoms with E-state index in [0.29, 0.717) is 18.9 Å². The van der Waals surface area contributed by atoms with Gasteiger partial charge in [-0.05, 0) is 42.9 Å². The fraction of sp³-hybridized carbons (Fsp3) is 0.462. The van der Waals surface area contributed by atoms with Crippen LogP contribution in [0.1, 0.15) is 36.4 Å². The number of nitrogens with zero attached hydrogens (tertiary/aromatic N) is 3. The number of methoxy groups -OCH3 is 1. The van der Waals surface area contributed by atoms with Crippen LogP contribution in [0.2, 0.25) is 0 Å². The van der Waals surface area contributed by atoms with Gasteiger partial charge in [-0.1, -0.05) is 24.3 Å². The lowest BCUT2D eigenvalue weighted by Gasteiger charge is -2.42. The van der Waals surface area contributed by atoms with Crippen molar-refractivity contribution < 1.29 is 9.53 Å². The second kappa shape index (κ2) is 8.94. The summed E-state index contributed by atoms with van der Waals surface area (Å²) in [5.41, 5.74) is 3.70. The minimum atomic E-state index is 0.0849. The quantitative estimate of drug-likeness (QED) is 0.574. The molecular weight excluding hydrogens is 402 g/mol. The largest absolute Gasteiger partial charge is 0.383 e. The maximum absolute atomic E-state index is 13.0. The summed E-state index contributed by atoms with van der Waals surface area (Å²) in [6.07, 6.45) is 5.60. The van der Waals surface area contributed by atoms with Gasteiger partial charge in [-0.3, -0.25) is 9.59 Å². The first-order valence-corrected chi connectivity index (χ1v) is 11.7. The first-order valence-electron chi connectivity index (χ1n) is 11.7. The third kappa shape index (κ3) is 3.99. The summed E-state index contributed by atoms with van der Waals surface area (Å²) in [6, 6.07) is 14.0. The van der Waals surface area contributed by atoms with Crippen LogP contribution in [0.4, 0.5) is 0 Å². The highest BCUT2D eigenvalue weighted by molar-refractivity contribution is 5.84. The number of rotatable bonds is 7. The van der Waals surface area contributed by atoms with Gasteiger partial charge in [-0.25, -0.2) is 0 Å². The normalized spacial score (nSPS) is 19.8. The number of carbonyl (C=O) groups excluding carboxylic acids is 1. The maximum Gasteiger partial charge on any atom is 0.250 e. The van der Waals surface area contributed by atoms with Gasteiger partial charge >= 0.3 is 0 Å². The van der Waals surface area contributed by atoms with Crippen molar-refractivity contribution in [2.24, 2.45) is 5.92 Å². The minimum Gasteiger partial charge on any atom is -0.383 e. The topological polar surface area (TPSA) is 56.5 Å². The minimum absolute atomic E-state index is 0.0849. The average Bonchev–Trinajstić information content (AvgIpc) is 3.16. The Balaban J connectivity index is 1.22. The Labute approximate surface area is 188 Å². The molecule has 0 N–H and O–H groups in total. The number of pyridine rings is 1. The van der Waals surface area contributed by atoms with Gasteiger partial charge in [0.05, 0.1) is 6.61 Å². The summed E-state index contributed by atoms with van der Waals surface area (Å²) in [5, 5.41) is 1.27. The molecule has 1 saturated heterocycles. The number of likely N-dealkylation sites (tertiary alicyclic amines) is 1. The zero-order valence-corrected chi connectivity index (χ0v) is 18.7. The van der Waals surface area contributed by atoms with E-state index in [-0.39, 0.29) is 17.4 Å². The number of aromatic nitrogens is 2. The van der Waals surface area contributed by atoms with E-state index in [0.717, 1.165) is 51.1 Å². The number of hydrogen-bond donors (Lipinski definition) is 0. The number of amides is 1. The third-order valence-electron chi connectivity index (χ3n) is 7.08. The summed E-state index contributed by atoms with van der Waals surface area (Å²) in [5.74, 6) is 0.901. The first-order chi connectivity index (χ1) is 15.6. The van der Waals surface area contributed by atoms with E-state index in [4.69, 9.17) is 4.74 Å². The number of carbonyl (C=O) groups is 1. The molecule has 1 fully saturated rings. The molecule has 2 aliphatic heterocycles. The molecule has 2 atom stereocenters. The molecule has 4 heterocycles. The van der Waals surface area contributed by atoms with Crippen LogP contribution in [-0.2, 0) is 29.0 Å². The SMILES string of the molecule is COCCn1cc(CCCC(=O)N2C[C@H]3C[C@@H](C2)c2cccc(=O)n2C3)c2ccccc21. The van der Waals surface area contributed by atoms with Crippen molar-refractivity contribution in [3.63, 3.8) is 0 Å². The highest BCUT2D eigenvalue weighted by atomic mass is 16.5. The van der Waals surface area contributed by atoms with Crippen LogP contribution in [0.3, 0.4) is 0 Å². The van der Waals surface area contributed by atoms with Gasteiger partial charge in [0.2, 0.25) is 5.91 Å². The lowest BCUT2D eigenvalue weighted by molar-refractivity contribution is -0.134. The maximum atomic E-state index is 13.0. The summed E-state index contributed by atoms with van der Waals surface area (Å²) < 4.78 is 9.42. The van der Waals surface area contributed by atoms with Crippen LogP contribution >= 0.6 is 0 Å². The molecule has 5 rings (SSSR count). The molecule has 2 aliphatic rings. The Morgan fingerprint density at radius 3 is 2.84 bits per heavy atom. The highest BCUT2D eigenvalue weighted by Gasteiger charge is 2.35. The van der Waals surface area contributed by atoms with Crippen LogP contribution in [0.5, 0.6) is 0 Å². The zero-order valence-electron chi connectivity index (χ0n) is 18.7. The molecule has 3 aromatic rings. The Morgan fingerprint density at radius 2 is 1.97 bits per heavy atom. The van der Waals surface area contributed by atoms with Crippen LogP contribution in [0.25, 0.3) is 10.9 Å². The van der Waals surface area contributed by atoms with E-state index in [1.54, 1.807) is 13.2 Å². The third-order valence-corrected chi connectivity index (χ3v) is 7.08. The molecule has 0 unspecified atom stereocenters. The molecular formula is C26H31N3O3. The fourth-order valence-corrected chi connectivity index (χ4v) is 5.58.